The van der Waals surface area contributed by atoms with E-state index >= 15 is 0 Å². The Morgan fingerprint density at radius 2 is 1.38 bits per heavy atom. The van der Waals surface area contributed by atoms with Gasteiger partial charge in [-0.25, -0.2) is 36.5 Å². The number of anilines is 1. The molecule has 2 N–H and O–H groups in total. The zero-order chi connectivity index (χ0) is 45.3. The van der Waals surface area contributed by atoms with Gasteiger partial charge in [-0.2, -0.15) is 0 Å². The second kappa shape index (κ2) is 17.0. The molecular formula is C40H36N10O12P2S2. The van der Waals surface area contributed by atoms with Crippen molar-refractivity contribution in [2.75, 3.05) is 44.9 Å². The van der Waals surface area contributed by atoms with E-state index in [1.54, 1.807) is 63.7 Å². The fourth-order valence-electron chi connectivity index (χ4n) is 8.73. The van der Waals surface area contributed by atoms with Gasteiger partial charge in [-0.3, -0.25) is 27.8 Å². The Morgan fingerprint density at radius 1 is 0.788 bits per heavy atom. The van der Waals surface area contributed by atoms with Gasteiger partial charge >= 0.3 is 13.4 Å². The number of hydrogen-bond donors (Lipinski definition) is 2. The molecule has 0 spiro atoms. The normalized spacial score (nSPS) is 32.6. The summed E-state index contributed by atoms with van der Waals surface area (Å²) in [7, 11) is 0. The first-order valence-electron chi connectivity index (χ1n) is 20.4. The molecule has 6 aromatic rings. The van der Waals surface area contributed by atoms with E-state index in [4.69, 9.17) is 71.8 Å². The van der Waals surface area contributed by atoms with Crippen LogP contribution in [0.3, 0.4) is 0 Å². The van der Waals surface area contributed by atoms with Crippen molar-refractivity contribution < 1.29 is 56.0 Å². The van der Waals surface area contributed by atoms with E-state index in [0.717, 1.165) is 0 Å². The number of carbonyl (C=O) groups is 2. The van der Waals surface area contributed by atoms with Gasteiger partial charge in [0.25, 0.3) is 5.91 Å². The van der Waals surface area contributed by atoms with Gasteiger partial charge in [-0.15, -0.1) is 0 Å². The molecule has 5 saturated heterocycles. The minimum atomic E-state index is -4.18. The molecule has 0 radical (unpaired) electrons. The number of fused-ring (bicyclic) bond motifs is 2. The lowest BCUT2D eigenvalue weighted by molar-refractivity contribution is -0.187. The van der Waals surface area contributed by atoms with Crippen molar-refractivity contribution in [1.82, 2.24) is 39.0 Å². The van der Waals surface area contributed by atoms with Crippen molar-refractivity contribution in [2.45, 2.75) is 54.5 Å². The first-order chi connectivity index (χ1) is 32.0. The van der Waals surface area contributed by atoms with E-state index < -0.39 is 74.0 Å². The number of imidazole rings is 2. The largest absolute Gasteiger partial charge is 0.367 e. The summed E-state index contributed by atoms with van der Waals surface area (Å²) in [6.45, 7) is -1.74. The number of benzene rings is 2. The van der Waals surface area contributed by atoms with E-state index in [9.17, 15) is 14.5 Å². The summed E-state index contributed by atoms with van der Waals surface area (Å²) in [6.07, 6.45) is -0.376. The van der Waals surface area contributed by atoms with Crippen LogP contribution in [0.5, 0.6) is 0 Å². The van der Waals surface area contributed by atoms with Gasteiger partial charge in [0.05, 0.1) is 51.2 Å². The number of rotatable bonds is 10. The summed E-state index contributed by atoms with van der Waals surface area (Å²) in [5.41, 5.74) is -0.290. The van der Waals surface area contributed by atoms with Crippen LogP contribution in [0, 0.1) is 6.57 Å². The second-order valence-electron chi connectivity index (χ2n) is 15.9. The number of aromatic nitrogens is 8. The van der Waals surface area contributed by atoms with Crippen LogP contribution in [0.2, 0.25) is 0 Å². The molecule has 5 aliphatic rings. The van der Waals surface area contributed by atoms with Crippen LogP contribution in [0.4, 0.5) is 5.82 Å². The van der Waals surface area contributed by atoms with Gasteiger partial charge in [-0.05, 0) is 35.7 Å². The Balaban J connectivity index is 0.890. The van der Waals surface area contributed by atoms with E-state index in [0.29, 0.717) is 33.6 Å². The molecule has 0 saturated carbocycles. The molecular weight excluding hydrogens is 939 g/mol. The fraction of sp³-hybridized carbons (Fsp3) is 0.375. The van der Waals surface area contributed by atoms with Gasteiger partial charge in [0, 0.05) is 11.1 Å². The smallest absolute Gasteiger partial charge is 0.328 e. The van der Waals surface area contributed by atoms with E-state index in [1.165, 1.54) is 25.3 Å². The number of Topliss-reactive ketones (excluding diaryl/α,β-unsaturated/α-hetero) is 1. The van der Waals surface area contributed by atoms with Gasteiger partial charge in [0.2, 0.25) is 6.54 Å². The van der Waals surface area contributed by atoms with Gasteiger partial charge in [-0.1, -0.05) is 48.5 Å². The standard InChI is InChI=1S/C40H36N10O12P2S2/c1-41-12-13-56-64(66)58-18-40-16-54-29(37(60-40)50-22-47-28-33(43-20-45-35(28)50)48-36(52)24-10-6-3-7-11-24)31(40)61-63(53,65)57-17-39-15-55-30(32(39)62-64)38(59-39)49-21-46-27-25(42-19-44-34(27)49)14-26(51)23-8-4-2-5-9-23/h2-11,19-22,29-32,37-38H,12-18H2,(H,53,65)(H,43,45,48,52)/t29-,30-,31+,32+,37-,38-,39-,40-,63?,64?/m1/s1. The Morgan fingerprint density at radius 3 is 2.05 bits per heavy atom. The summed E-state index contributed by atoms with van der Waals surface area (Å²) in [4.78, 5) is 68.2. The second-order valence-corrected chi connectivity index (χ2v) is 21.7. The Labute approximate surface area is 384 Å². The SMILES string of the molecule is [C-]#[N+]CCOP1(=S)OC[C@@]23CO[C@@H]([C@H](n4cnc5c(NC(=O)c6ccccc6)ncnc54)O2)[C@@H]3OP(O)(=S)OC[C@@]23CO[C@@H]([C@H](n4cnc5c(CC(=O)c6ccccc6)ncnc54)O2)[C@@H]3O1. The molecule has 4 bridgehead atoms. The minimum absolute atomic E-state index is 0.0275. The predicted molar refractivity (Wildman–Crippen MR) is 235 cm³/mol. The van der Waals surface area contributed by atoms with Crippen LogP contribution in [0.25, 0.3) is 27.2 Å². The molecule has 26 heteroatoms. The molecule has 5 fully saturated rings. The summed E-state index contributed by atoms with van der Waals surface area (Å²) >= 11 is 11.7. The molecule has 0 aliphatic carbocycles. The zero-order valence-corrected chi connectivity index (χ0v) is 37.6. The molecule has 2 unspecified atom stereocenters. The van der Waals surface area contributed by atoms with Crippen molar-refractivity contribution in [2.24, 2.45) is 0 Å². The topological polar surface area (TPSA) is 241 Å². The average Bonchev–Trinajstić information content (AvgIpc) is 4.19. The van der Waals surface area contributed by atoms with Crippen LogP contribution in [0.1, 0.15) is 38.9 Å². The highest BCUT2D eigenvalue weighted by Crippen LogP contribution is 2.62. The Kier molecular flexibility index (Phi) is 11.2. The number of nitrogens with one attached hydrogen (secondary N) is 1. The van der Waals surface area contributed by atoms with Crippen LogP contribution < -0.4 is 5.32 Å². The third-order valence-corrected chi connectivity index (χ3v) is 15.7. The maximum atomic E-state index is 13.2. The molecule has 2 aromatic carbocycles. The maximum Gasteiger partial charge on any atom is 0.328 e. The molecule has 10 atom stereocenters. The van der Waals surface area contributed by atoms with E-state index in [2.05, 4.69) is 40.1 Å². The minimum Gasteiger partial charge on any atom is -0.367 e. The molecule has 340 valence electrons. The van der Waals surface area contributed by atoms with Crippen molar-refractivity contribution in [1.29, 1.82) is 0 Å². The molecule has 1 amide bonds. The van der Waals surface area contributed by atoms with Crippen molar-refractivity contribution >= 4 is 76.9 Å². The third-order valence-electron chi connectivity index (χ3n) is 11.9. The van der Waals surface area contributed by atoms with E-state index in [1.807, 2.05) is 6.07 Å². The number of ether oxygens (including phenoxy) is 4. The van der Waals surface area contributed by atoms with Crippen LogP contribution in [-0.4, -0.2) is 131 Å². The molecule has 11 rings (SSSR count). The highest BCUT2D eigenvalue weighted by atomic mass is 32.5. The quantitative estimate of drug-likeness (QED) is 0.0857. The van der Waals surface area contributed by atoms with Gasteiger partial charge < -0.3 is 47.6 Å². The third kappa shape index (κ3) is 7.68. The molecule has 9 heterocycles. The lowest BCUT2D eigenvalue weighted by Crippen LogP contribution is -2.48. The van der Waals surface area contributed by atoms with Gasteiger partial charge in [0.15, 0.2) is 40.9 Å². The van der Waals surface area contributed by atoms with Crippen LogP contribution in [0.15, 0.2) is 86.0 Å². The lowest BCUT2D eigenvalue weighted by Gasteiger charge is -2.37. The first-order valence-corrected chi connectivity index (χ1v) is 25.6. The average molecular weight is 975 g/mol. The monoisotopic (exact) mass is 974 g/mol. The number of nitrogens with zero attached hydrogens (tertiary/aromatic N) is 9. The van der Waals surface area contributed by atoms with E-state index in [-0.39, 0.29) is 56.5 Å². The van der Waals surface area contributed by atoms with Crippen molar-refractivity contribution in [3.05, 3.63) is 114 Å². The summed E-state index contributed by atoms with van der Waals surface area (Å²) in [5.74, 6) is -0.378. The van der Waals surface area contributed by atoms with Gasteiger partial charge in [0.1, 0.15) is 60.4 Å². The fourth-order valence-corrected chi connectivity index (χ4v) is 12.3. The molecule has 5 aliphatic heterocycles. The Hall–Kier alpha value is -4.93. The number of carbonyl (C=O) groups excluding carboxylic acids is 2. The van der Waals surface area contributed by atoms with Crippen LogP contribution >= 0.6 is 13.4 Å². The highest BCUT2D eigenvalue weighted by Gasteiger charge is 2.68. The van der Waals surface area contributed by atoms with Crippen molar-refractivity contribution in [3.8, 4) is 0 Å². The first kappa shape index (κ1) is 43.6. The number of hydrogen-bond acceptors (Lipinski definition) is 19. The highest BCUT2D eigenvalue weighted by molar-refractivity contribution is 8.07. The predicted octanol–water partition coefficient (Wildman–Crippen LogP) is 3.87. The zero-order valence-electron chi connectivity index (χ0n) is 34.2. The molecule has 22 nitrogen and oxygen atoms in total. The summed E-state index contributed by atoms with van der Waals surface area (Å²) in [5, 5.41) is 2.79. The number of ketones is 1. The maximum absolute atomic E-state index is 13.2. The molecule has 66 heavy (non-hydrogen) atoms. The summed E-state index contributed by atoms with van der Waals surface area (Å²) < 4.78 is 61.2. The Bertz CT molecular complexity index is 3020. The van der Waals surface area contributed by atoms with Crippen LogP contribution in [-0.2, 0) is 71.6 Å². The summed E-state index contributed by atoms with van der Waals surface area (Å²) in [6, 6.07) is 17.5. The lowest BCUT2D eigenvalue weighted by atomic mass is 10.0. The van der Waals surface area contributed by atoms with Crippen molar-refractivity contribution in [3.63, 3.8) is 0 Å². The number of amides is 1. The molecule has 4 aromatic heterocycles.